The molecule has 0 bridgehead atoms. The fraction of sp³-hybridized carbons (Fsp3) is 0.692. The van der Waals surface area contributed by atoms with E-state index in [0.717, 1.165) is 32.4 Å². The van der Waals surface area contributed by atoms with E-state index in [1.54, 1.807) is 11.3 Å². The minimum atomic E-state index is 0.189. The zero-order valence-corrected chi connectivity index (χ0v) is 11.7. The summed E-state index contributed by atoms with van der Waals surface area (Å²) in [7, 11) is 0. The van der Waals surface area contributed by atoms with Crippen LogP contribution in [-0.4, -0.2) is 35.4 Å². The van der Waals surface area contributed by atoms with Crippen molar-refractivity contribution in [2.45, 2.75) is 38.5 Å². The van der Waals surface area contributed by atoms with Gasteiger partial charge in [-0.1, -0.05) is 6.92 Å². The van der Waals surface area contributed by atoms with E-state index in [0.29, 0.717) is 18.9 Å². The number of nitrogens with two attached hydrogens (primary N) is 1. The zero-order chi connectivity index (χ0) is 13.0. The molecule has 2 heterocycles. The lowest BCUT2D eigenvalue weighted by atomic mass is 9.98. The molecule has 1 amide bonds. The van der Waals surface area contributed by atoms with Gasteiger partial charge in [-0.05, 0) is 19.3 Å². The minimum Gasteiger partial charge on any atom is -0.342 e. The maximum Gasteiger partial charge on any atom is 0.223 e. The molecule has 2 N–H and O–H groups in total. The Bertz CT molecular complexity index is 405. The second-order valence-corrected chi connectivity index (χ2v) is 5.64. The third-order valence-corrected chi connectivity index (χ3v) is 4.47. The molecule has 1 aliphatic rings. The highest BCUT2D eigenvalue weighted by atomic mass is 32.1. The minimum absolute atomic E-state index is 0.189. The number of aromatic nitrogens is 1. The summed E-state index contributed by atoms with van der Waals surface area (Å²) in [4.78, 5) is 18.5. The van der Waals surface area contributed by atoms with Crippen LogP contribution >= 0.6 is 11.3 Å². The second kappa shape index (κ2) is 6.29. The summed E-state index contributed by atoms with van der Waals surface area (Å²) in [6, 6.07) is 0. The molecule has 0 aliphatic carbocycles. The van der Waals surface area contributed by atoms with E-state index >= 15 is 0 Å². The molecule has 1 atom stereocenters. The second-order valence-electron chi connectivity index (χ2n) is 4.75. The molecular formula is C13H21N3OS. The number of rotatable bonds is 4. The van der Waals surface area contributed by atoms with Gasteiger partial charge in [-0.3, -0.25) is 4.79 Å². The van der Waals surface area contributed by atoms with E-state index in [2.05, 4.69) is 17.3 Å². The van der Waals surface area contributed by atoms with Crippen LogP contribution in [-0.2, 0) is 11.2 Å². The Balaban J connectivity index is 1.99. The van der Waals surface area contributed by atoms with Gasteiger partial charge in [-0.15, -0.1) is 11.3 Å². The smallest absolute Gasteiger partial charge is 0.223 e. The molecular weight excluding hydrogens is 246 g/mol. The van der Waals surface area contributed by atoms with Gasteiger partial charge >= 0.3 is 0 Å². The number of likely N-dealkylation sites (tertiary alicyclic amines) is 1. The molecule has 100 valence electrons. The number of amides is 1. The van der Waals surface area contributed by atoms with Crippen molar-refractivity contribution in [2.75, 3.05) is 19.6 Å². The van der Waals surface area contributed by atoms with E-state index in [9.17, 15) is 4.79 Å². The number of carbonyl (C=O) groups is 1. The molecule has 1 fully saturated rings. The van der Waals surface area contributed by atoms with Gasteiger partial charge in [0.05, 0.1) is 10.7 Å². The first-order valence-corrected chi connectivity index (χ1v) is 7.54. The van der Waals surface area contributed by atoms with Crippen LogP contribution in [0.1, 0.15) is 42.8 Å². The van der Waals surface area contributed by atoms with Crippen LogP contribution in [0.25, 0.3) is 0 Å². The molecule has 0 aromatic carbocycles. The zero-order valence-electron chi connectivity index (χ0n) is 10.9. The number of hydrogen-bond acceptors (Lipinski definition) is 4. The number of thiazole rings is 1. The van der Waals surface area contributed by atoms with Gasteiger partial charge in [0, 0.05) is 37.4 Å². The van der Waals surface area contributed by atoms with Gasteiger partial charge in [0.2, 0.25) is 5.91 Å². The number of nitrogens with zero attached hydrogens (tertiary/aromatic N) is 2. The molecule has 1 unspecified atom stereocenters. The maximum atomic E-state index is 11.9. The monoisotopic (exact) mass is 267 g/mol. The van der Waals surface area contributed by atoms with Crippen molar-refractivity contribution >= 4 is 17.2 Å². The van der Waals surface area contributed by atoms with E-state index in [1.807, 2.05) is 4.90 Å². The largest absolute Gasteiger partial charge is 0.342 e. The van der Waals surface area contributed by atoms with E-state index in [4.69, 9.17) is 5.73 Å². The summed E-state index contributed by atoms with van der Waals surface area (Å²) in [6.45, 7) is 4.25. The van der Waals surface area contributed by atoms with Gasteiger partial charge in [0.15, 0.2) is 0 Å². The van der Waals surface area contributed by atoms with Crippen molar-refractivity contribution in [1.29, 1.82) is 0 Å². The molecule has 1 aliphatic heterocycles. The van der Waals surface area contributed by atoms with Gasteiger partial charge in [-0.25, -0.2) is 4.98 Å². The summed E-state index contributed by atoms with van der Waals surface area (Å²) >= 11 is 1.73. The average molecular weight is 267 g/mol. The highest BCUT2D eigenvalue weighted by molar-refractivity contribution is 7.09. The molecule has 1 saturated heterocycles. The Kier molecular flexibility index (Phi) is 4.72. The van der Waals surface area contributed by atoms with Crippen LogP contribution in [0.3, 0.4) is 0 Å². The van der Waals surface area contributed by atoms with Crippen LogP contribution in [0.15, 0.2) is 5.38 Å². The van der Waals surface area contributed by atoms with Crippen molar-refractivity contribution < 1.29 is 4.79 Å². The van der Waals surface area contributed by atoms with Gasteiger partial charge < -0.3 is 10.6 Å². The molecule has 2 rings (SSSR count). The SMILES string of the molecule is CCc1csc(C2CCCN(C(=O)CCN)C2)n1. The Hall–Kier alpha value is -0.940. The van der Waals surface area contributed by atoms with Crippen LogP contribution in [0.4, 0.5) is 0 Å². The normalized spacial score (nSPS) is 20.1. The first kappa shape index (κ1) is 13.5. The van der Waals surface area contributed by atoms with E-state index in [-0.39, 0.29) is 5.91 Å². The van der Waals surface area contributed by atoms with Gasteiger partial charge in [0.25, 0.3) is 0 Å². The number of aryl methyl sites for hydroxylation is 1. The molecule has 4 nitrogen and oxygen atoms in total. The highest BCUT2D eigenvalue weighted by Crippen LogP contribution is 2.29. The van der Waals surface area contributed by atoms with Crippen molar-refractivity contribution in [3.63, 3.8) is 0 Å². The molecule has 0 spiro atoms. The molecule has 0 saturated carbocycles. The van der Waals surface area contributed by atoms with Crippen LogP contribution in [0.5, 0.6) is 0 Å². The summed E-state index contributed by atoms with van der Waals surface area (Å²) in [6.07, 6.45) is 3.66. The first-order valence-electron chi connectivity index (χ1n) is 6.66. The lowest BCUT2D eigenvalue weighted by Crippen LogP contribution is -2.39. The molecule has 18 heavy (non-hydrogen) atoms. The predicted octanol–water partition coefficient (Wildman–Crippen LogP) is 1.76. The Morgan fingerprint density at radius 2 is 2.50 bits per heavy atom. The number of hydrogen-bond donors (Lipinski definition) is 1. The van der Waals surface area contributed by atoms with Crippen molar-refractivity contribution in [3.05, 3.63) is 16.1 Å². The van der Waals surface area contributed by atoms with Crippen LogP contribution in [0.2, 0.25) is 0 Å². The summed E-state index contributed by atoms with van der Waals surface area (Å²) in [5, 5.41) is 3.33. The topological polar surface area (TPSA) is 59.2 Å². The first-order chi connectivity index (χ1) is 8.74. The summed E-state index contributed by atoms with van der Waals surface area (Å²) in [5.74, 6) is 0.611. The number of carbonyl (C=O) groups excluding carboxylic acids is 1. The third-order valence-electron chi connectivity index (χ3n) is 3.41. The fourth-order valence-electron chi connectivity index (χ4n) is 2.36. The fourth-order valence-corrected chi connectivity index (χ4v) is 3.39. The van der Waals surface area contributed by atoms with Crippen molar-refractivity contribution in [2.24, 2.45) is 5.73 Å². The highest BCUT2D eigenvalue weighted by Gasteiger charge is 2.26. The lowest BCUT2D eigenvalue weighted by Gasteiger charge is -2.31. The third kappa shape index (κ3) is 3.09. The van der Waals surface area contributed by atoms with E-state index in [1.165, 1.54) is 10.7 Å². The lowest BCUT2D eigenvalue weighted by molar-refractivity contribution is -0.132. The molecule has 1 aromatic rings. The molecule has 5 heteroatoms. The van der Waals surface area contributed by atoms with Crippen molar-refractivity contribution in [1.82, 2.24) is 9.88 Å². The Morgan fingerprint density at radius 1 is 1.67 bits per heavy atom. The van der Waals surface area contributed by atoms with E-state index < -0.39 is 0 Å². The predicted molar refractivity (Wildman–Crippen MR) is 73.7 cm³/mol. The Labute approximate surface area is 112 Å². The molecule has 1 aromatic heterocycles. The average Bonchev–Trinajstić information content (AvgIpc) is 2.88. The van der Waals surface area contributed by atoms with Crippen LogP contribution in [0, 0.1) is 0 Å². The Morgan fingerprint density at radius 3 is 3.17 bits per heavy atom. The maximum absolute atomic E-state index is 11.9. The summed E-state index contributed by atoms with van der Waals surface area (Å²) in [5.41, 5.74) is 6.61. The van der Waals surface area contributed by atoms with Gasteiger partial charge in [0.1, 0.15) is 0 Å². The quantitative estimate of drug-likeness (QED) is 0.904. The van der Waals surface area contributed by atoms with Gasteiger partial charge in [-0.2, -0.15) is 0 Å². The van der Waals surface area contributed by atoms with Crippen molar-refractivity contribution in [3.8, 4) is 0 Å². The standard InChI is InChI=1S/C13H21N3OS/c1-2-11-9-18-13(15-11)10-4-3-7-16(8-10)12(17)5-6-14/h9-10H,2-8,14H2,1H3. The van der Waals surface area contributed by atoms with Crippen LogP contribution < -0.4 is 5.73 Å². The molecule has 0 radical (unpaired) electrons. The summed E-state index contributed by atoms with van der Waals surface area (Å²) < 4.78 is 0. The number of piperidine rings is 1.